The van der Waals surface area contributed by atoms with Crippen molar-refractivity contribution in [3.63, 3.8) is 0 Å². The molecular formula is C12H20N2O4. The number of hydrogen-bond donors (Lipinski definition) is 3. The average molecular weight is 256 g/mol. The van der Waals surface area contributed by atoms with E-state index in [-0.39, 0.29) is 24.8 Å². The van der Waals surface area contributed by atoms with Crippen molar-refractivity contribution in [2.75, 3.05) is 13.1 Å². The van der Waals surface area contributed by atoms with Gasteiger partial charge in [0.25, 0.3) is 0 Å². The predicted molar refractivity (Wildman–Crippen MR) is 64.8 cm³/mol. The zero-order chi connectivity index (χ0) is 13.5. The Kier molecular flexibility index (Phi) is 5.61. The van der Waals surface area contributed by atoms with E-state index in [4.69, 9.17) is 5.11 Å². The number of nitrogens with one attached hydrogen (secondary N) is 2. The van der Waals surface area contributed by atoms with Crippen LogP contribution in [0.15, 0.2) is 0 Å². The van der Waals surface area contributed by atoms with E-state index >= 15 is 0 Å². The smallest absolute Gasteiger partial charge is 0.307 e. The molecule has 1 aliphatic carbocycles. The van der Waals surface area contributed by atoms with E-state index in [2.05, 4.69) is 10.6 Å². The Morgan fingerprint density at radius 1 is 1.17 bits per heavy atom. The van der Waals surface area contributed by atoms with Crippen molar-refractivity contribution in [3.05, 3.63) is 0 Å². The molecule has 1 aliphatic rings. The summed E-state index contributed by atoms with van der Waals surface area (Å²) in [4.78, 5) is 33.9. The Morgan fingerprint density at radius 3 is 2.44 bits per heavy atom. The number of amides is 2. The summed E-state index contributed by atoms with van der Waals surface area (Å²) in [6.07, 6.45) is 2.17. The minimum atomic E-state index is -0.906. The molecule has 6 nitrogen and oxygen atoms in total. The lowest BCUT2D eigenvalue weighted by molar-refractivity contribution is -0.146. The molecule has 0 radical (unpaired) electrons. The summed E-state index contributed by atoms with van der Waals surface area (Å²) in [5.41, 5.74) is 0. The summed E-state index contributed by atoms with van der Waals surface area (Å²) in [6, 6.07) is 0. The van der Waals surface area contributed by atoms with Gasteiger partial charge in [-0.05, 0) is 19.8 Å². The molecule has 2 amide bonds. The van der Waals surface area contributed by atoms with Crippen LogP contribution in [0, 0.1) is 11.8 Å². The molecule has 102 valence electrons. The molecule has 0 aromatic carbocycles. The van der Waals surface area contributed by atoms with Gasteiger partial charge in [-0.15, -0.1) is 0 Å². The molecule has 0 heterocycles. The molecule has 1 fully saturated rings. The van der Waals surface area contributed by atoms with Crippen LogP contribution in [0.3, 0.4) is 0 Å². The highest BCUT2D eigenvalue weighted by molar-refractivity contribution is 5.85. The van der Waals surface area contributed by atoms with Crippen molar-refractivity contribution in [1.29, 1.82) is 0 Å². The van der Waals surface area contributed by atoms with Gasteiger partial charge in [-0.1, -0.05) is 6.42 Å². The van der Waals surface area contributed by atoms with Gasteiger partial charge in [-0.2, -0.15) is 0 Å². The molecule has 0 aliphatic heterocycles. The third-order valence-corrected chi connectivity index (χ3v) is 3.20. The maximum absolute atomic E-state index is 11.8. The van der Waals surface area contributed by atoms with Crippen LogP contribution in [-0.4, -0.2) is 36.0 Å². The van der Waals surface area contributed by atoms with Gasteiger partial charge in [0.1, 0.15) is 0 Å². The average Bonchev–Trinajstić information content (AvgIpc) is 2.78. The van der Waals surface area contributed by atoms with E-state index in [0.29, 0.717) is 19.4 Å². The monoisotopic (exact) mass is 256 g/mol. The Bertz CT molecular complexity index is 330. The van der Waals surface area contributed by atoms with Crippen LogP contribution in [0.25, 0.3) is 0 Å². The predicted octanol–water partition coefficient (Wildman–Crippen LogP) is 0.130. The molecule has 1 rings (SSSR count). The number of aliphatic carboxylic acids is 1. The zero-order valence-electron chi connectivity index (χ0n) is 10.6. The van der Waals surface area contributed by atoms with E-state index in [1.807, 2.05) is 6.92 Å². The topological polar surface area (TPSA) is 95.5 Å². The van der Waals surface area contributed by atoms with Gasteiger partial charge in [0.15, 0.2) is 0 Å². The van der Waals surface area contributed by atoms with Crippen LogP contribution >= 0.6 is 0 Å². The van der Waals surface area contributed by atoms with Gasteiger partial charge in [-0.25, -0.2) is 0 Å². The van der Waals surface area contributed by atoms with Crippen molar-refractivity contribution in [1.82, 2.24) is 10.6 Å². The minimum Gasteiger partial charge on any atom is -0.481 e. The van der Waals surface area contributed by atoms with E-state index in [1.54, 1.807) is 0 Å². The van der Waals surface area contributed by atoms with Crippen LogP contribution in [-0.2, 0) is 14.4 Å². The molecule has 0 aromatic heterocycles. The highest BCUT2D eigenvalue weighted by atomic mass is 16.4. The van der Waals surface area contributed by atoms with Crippen LogP contribution in [0.2, 0.25) is 0 Å². The highest BCUT2D eigenvalue weighted by Crippen LogP contribution is 2.31. The van der Waals surface area contributed by atoms with Gasteiger partial charge in [-0.3, -0.25) is 14.4 Å². The first-order valence-electron chi connectivity index (χ1n) is 6.33. The van der Waals surface area contributed by atoms with Crippen LogP contribution in [0.1, 0.15) is 32.6 Å². The first-order valence-corrected chi connectivity index (χ1v) is 6.33. The maximum Gasteiger partial charge on any atom is 0.307 e. The van der Waals surface area contributed by atoms with Gasteiger partial charge in [0, 0.05) is 19.5 Å². The number of carbonyl (C=O) groups is 3. The molecule has 0 saturated heterocycles. The fraction of sp³-hybridized carbons (Fsp3) is 0.750. The van der Waals surface area contributed by atoms with Crippen LogP contribution in [0.4, 0.5) is 0 Å². The van der Waals surface area contributed by atoms with Gasteiger partial charge < -0.3 is 15.7 Å². The SMILES string of the molecule is CCNC(=O)CCNC(=O)[C@@H]1CCC[C@@H]1C(=O)O. The number of rotatable bonds is 6. The van der Waals surface area contributed by atoms with Crippen molar-refractivity contribution in [3.8, 4) is 0 Å². The molecule has 6 heteroatoms. The number of carbonyl (C=O) groups excluding carboxylic acids is 2. The van der Waals surface area contributed by atoms with Gasteiger partial charge in [0.2, 0.25) is 11.8 Å². The number of hydrogen-bond acceptors (Lipinski definition) is 3. The fourth-order valence-electron chi connectivity index (χ4n) is 2.29. The lowest BCUT2D eigenvalue weighted by atomic mass is 9.95. The molecule has 18 heavy (non-hydrogen) atoms. The van der Waals surface area contributed by atoms with E-state index in [9.17, 15) is 14.4 Å². The number of carboxylic acid groups (broad SMARTS) is 1. The Labute approximate surface area is 106 Å². The van der Waals surface area contributed by atoms with E-state index in [1.165, 1.54) is 0 Å². The van der Waals surface area contributed by atoms with Crippen LogP contribution in [0.5, 0.6) is 0 Å². The van der Waals surface area contributed by atoms with Crippen molar-refractivity contribution in [2.45, 2.75) is 32.6 Å². The Hall–Kier alpha value is -1.59. The second kappa shape index (κ2) is 6.98. The maximum atomic E-state index is 11.8. The lowest BCUT2D eigenvalue weighted by Crippen LogP contribution is -2.37. The summed E-state index contributed by atoms with van der Waals surface area (Å²) < 4.78 is 0. The first-order chi connectivity index (χ1) is 8.56. The molecular weight excluding hydrogens is 236 g/mol. The quantitative estimate of drug-likeness (QED) is 0.629. The largest absolute Gasteiger partial charge is 0.481 e. The third kappa shape index (κ3) is 4.01. The fourth-order valence-corrected chi connectivity index (χ4v) is 2.29. The van der Waals surface area contributed by atoms with Crippen molar-refractivity contribution in [2.24, 2.45) is 11.8 Å². The molecule has 1 saturated carbocycles. The number of carboxylic acids is 1. The molecule has 0 unspecified atom stereocenters. The molecule has 0 bridgehead atoms. The first kappa shape index (κ1) is 14.5. The summed E-state index contributed by atoms with van der Waals surface area (Å²) in [7, 11) is 0. The van der Waals surface area contributed by atoms with Crippen molar-refractivity contribution < 1.29 is 19.5 Å². The molecule has 2 atom stereocenters. The highest BCUT2D eigenvalue weighted by Gasteiger charge is 2.37. The molecule has 0 aromatic rings. The summed E-state index contributed by atoms with van der Waals surface area (Å²) in [5.74, 6) is -2.29. The van der Waals surface area contributed by atoms with Gasteiger partial charge in [0.05, 0.1) is 11.8 Å². The minimum absolute atomic E-state index is 0.112. The second-order valence-corrected chi connectivity index (χ2v) is 4.48. The summed E-state index contributed by atoms with van der Waals surface area (Å²) in [5, 5.41) is 14.2. The van der Waals surface area contributed by atoms with Crippen LogP contribution < -0.4 is 10.6 Å². The normalized spacial score (nSPS) is 22.5. The second-order valence-electron chi connectivity index (χ2n) is 4.48. The lowest BCUT2D eigenvalue weighted by Gasteiger charge is -2.15. The molecule has 0 spiro atoms. The molecule has 3 N–H and O–H groups in total. The van der Waals surface area contributed by atoms with E-state index < -0.39 is 17.8 Å². The van der Waals surface area contributed by atoms with E-state index in [0.717, 1.165) is 6.42 Å². The summed E-state index contributed by atoms with van der Waals surface area (Å²) >= 11 is 0. The summed E-state index contributed by atoms with van der Waals surface area (Å²) in [6.45, 7) is 2.65. The standard InChI is InChI=1S/C12H20N2O4/c1-2-13-10(15)6-7-14-11(16)8-4-3-5-9(8)12(17)18/h8-9H,2-7H2,1H3,(H,13,15)(H,14,16)(H,17,18)/t8-,9+/m1/s1. The third-order valence-electron chi connectivity index (χ3n) is 3.20. The Balaban J connectivity index is 2.32. The zero-order valence-corrected chi connectivity index (χ0v) is 10.6. The Morgan fingerprint density at radius 2 is 1.83 bits per heavy atom. The van der Waals surface area contributed by atoms with Crippen molar-refractivity contribution >= 4 is 17.8 Å². The van der Waals surface area contributed by atoms with Gasteiger partial charge >= 0.3 is 5.97 Å².